The lowest BCUT2D eigenvalue weighted by Gasteiger charge is -2.18. The molecule has 1 rings (SSSR count). The van der Waals surface area contributed by atoms with E-state index in [2.05, 4.69) is 49.9 Å². The van der Waals surface area contributed by atoms with Gasteiger partial charge >= 0.3 is 0 Å². The van der Waals surface area contributed by atoms with Gasteiger partial charge in [0.25, 0.3) is 0 Å². The average molecular weight is 284 g/mol. The highest BCUT2D eigenvalue weighted by Gasteiger charge is 2.11. The van der Waals surface area contributed by atoms with Crippen molar-refractivity contribution < 1.29 is 8.42 Å². The second-order valence-corrected chi connectivity index (χ2v) is 7.04. The molecule has 0 saturated heterocycles. The number of nitrogens with one attached hydrogen (secondary N) is 2. The van der Waals surface area contributed by atoms with Gasteiger partial charge in [-0.05, 0) is 57.0 Å². The molecule has 0 aliphatic carbocycles. The summed E-state index contributed by atoms with van der Waals surface area (Å²) < 4.78 is 25.0. The van der Waals surface area contributed by atoms with Gasteiger partial charge in [-0.25, -0.2) is 13.1 Å². The molecule has 0 saturated carbocycles. The van der Waals surface area contributed by atoms with Crippen LogP contribution in [0.15, 0.2) is 12.1 Å². The van der Waals surface area contributed by atoms with Crippen LogP contribution in [0.5, 0.6) is 0 Å². The Kier molecular flexibility index (Phi) is 5.52. The third kappa shape index (κ3) is 4.60. The van der Waals surface area contributed by atoms with E-state index in [0.717, 1.165) is 0 Å². The highest BCUT2D eigenvalue weighted by atomic mass is 32.2. The molecule has 2 N–H and O–H groups in total. The number of sulfonamides is 1. The predicted molar refractivity (Wildman–Crippen MR) is 79.9 cm³/mol. The zero-order chi connectivity index (χ0) is 14.6. The molecule has 4 nitrogen and oxygen atoms in total. The summed E-state index contributed by atoms with van der Waals surface area (Å²) in [6.45, 7) is 8.78. The molecule has 0 heterocycles. The molecule has 0 aromatic heterocycles. The van der Waals surface area contributed by atoms with Crippen LogP contribution in [-0.2, 0) is 10.0 Å². The van der Waals surface area contributed by atoms with Crippen molar-refractivity contribution in [3.63, 3.8) is 0 Å². The third-order valence-electron chi connectivity index (χ3n) is 3.48. The van der Waals surface area contributed by atoms with Gasteiger partial charge in [-0.1, -0.05) is 12.1 Å². The van der Waals surface area contributed by atoms with Crippen molar-refractivity contribution in [3.05, 3.63) is 34.4 Å². The fourth-order valence-electron chi connectivity index (χ4n) is 2.07. The van der Waals surface area contributed by atoms with E-state index in [-0.39, 0.29) is 11.8 Å². The standard InChI is InChI=1S/C14H24N2O2S/c1-10-8-12(3)14(9-11(10)2)13(4)16-6-7-19(17,18)15-5/h8-9,13,15-16H,6-7H2,1-5H3. The molecular weight excluding hydrogens is 260 g/mol. The molecule has 0 aliphatic rings. The van der Waals surface area contributed by atoms with Crippen LogP contribution >= 0.6 is 0 Å². The van der Waals surface area contributed by atoms with Crippen molar-refractivity contribution in [1.29, 1.82) is 0 Å². The van der Waals surface area contributed by atoms with E-state index in [0.29, 0.717) is 6.54 Å². The molecule has 1 aromatic rings. The summed E-state index contributed by atoms with van der Waals surface area (Å²) >= 11 is 0. The monoisotopic (exact) mass is 284 g/mol. The predicted octanol–water partition coefficient (Wildman–Crippen LogP) is 1.81. The lowest BCUT2D eigenvalue weighted by molar-refractivity contribution is 0.566. The summed E-state index contributed by atoms with van der Waals surface area (Å²) in [6.07, 6.45) is 0. The van der Waals surface area contributed by atoms with Crippen LogP contribution in [0.25, 0.3) is 0 Å². The van der Waals surface area contributed by atoms with Gasteiger partial charge in [0.1, 0.15) is 0 Å². The first-order valence-electron chi connectivity index (χ1n) is 6.49. The highest BCUT2D eigenvalue weighted by Crippen LogP contribution is 2.21. The van der Waals surface area contributed by atoms with Gasteiger partial charge in [0.05, 0.1) is 5.75 Å². The second kappa shape index (κ2) is 6.50. The normalized spacial score (nSPS) is 13.5. The van der Waals surface area contributed by atoms with Crippen molar-refractivity contribution in [2.24, 2.45) is 0 Å². The lowest BCUT2D eigenvalue weighted by atomic mass is 9.96. The van der Waals surface area contributed by atoms with Crippen LogP contribution in [-0.4, -0.2) is 27.8 Å². The Hall–Kier alpha value is -0.910. The minimum Gasteiger partial charge on any atom is -0.309 e. The Morgan fingerprint density at radius 2 is 1.68 bits per heavy atom. The molecule has 19 heavy (non-hydrogen) atoms. The van der Waals surface area contributed by atoms with E-state index in [4.69, 9.17) is 0 Å². The van der Waals surface area contributed by atoms with Crippen LogP contribution in [0, 0.1) is 20.8 Å². The fraction of sp³-hybridized carbons (Fsp3) is 0.571. The van der Waals surface area contributed by atoms with Crippen LogP contribution < -0.4 is 10.0 Å². The summed E-state index contributed by atoms with van der Waals surface area (Å²) in [7, 11) is -1.70. The molecule has 1 aromatic carbocycles. The number of aryl methyl sites for hydroxylation is 3. The molecule has 0 spiro atoms. The smallest absolute Gasteiger partial charge is 0.212 e. The van der Waals surface area contributed by atoms with Crippen LogP contribution in [0.4, 0.5) is 0 Å². The molecule has 0 fully saturated rings. The van der Waals surface area contributed by atoms with Crippen LogP contribution in [0.1, 0.15) is 35.2 Å². The van der Waals surface area contributed by atoms with Crippen molar-refractivity contribution in [3.8, 4) is 0 Å². The van der Waals surface area contributed by atoms with Gasteiger partial charge < -0.3 is 5.32 Å². The summed E-state index contributed by atoms with van der Waals surface area (Å²) in [4.78, 5) is 0. The minimum absolute atomic E-state index is 0.0950. The molecule has 0 amide bonds. The van der Waals surface area contributed by atoms with Gasteiger partial charge in [-0.2, -0.15) is 0 Å². The number of benzene rings is 1. The number of hydrogen-bond donors (Lipinski definition) is 2. The van der Waals surface area contributed by atoms with E-state index in [9.17, 15) is 8.42 Å². The van der Waals surface area contributed by atoms with Crippen LogP contribution in [0.2, 0.25) is 0 Å². The summed E-state index contributed by atoms with van der Waals surface area (Å²) in [5, 5.41) is 3.26. The molecule has 1 atom stereocenters. The molecule has 1 unspecified atom stereocenters. The Morgan fingerprint density at radius 3 is 2.26 bits per heavy atom. The fourth-order valence-corrected chi connectivity index (χ4v) is 2.66. The lowest BCUT2D eigenvalue weighted by Crippen LogP contribution is -2.31. The van der Waals surface area contributed by atoms with Crippen molar-refractivity contribution in [2.75, 3.05) is 19.3 Å². The van der Waals surface area contributed by atoms with Gasteiger partial charge in [-0.15, -0.1) is 0 Å². The highest BCUT2D eigenvalue weighted by molar-refractivity contribution is 7.89. The Balaban J connectivity index is 2.69. The van der Waals surface area contributed by atoms with Gasteiger partial charge in [-0.3, -0.25) is 0 Å². The zero-order valence-corrected chi connectivity index (χ0v) is 13.2. The summed E-state index contributed by atoms with van der Waals surface area (Å²) in [5.41, 5.74) is 5.01. The second-order valence-electron chi connectivity index (χ2n) is 4.99. The van der Waals surface area contributed by atoms with Crippen LogP contribution in [0.3, 0.4) is 0 Å². The van der Waals surface area contributed by atoms with E-state index in [1.165, 1.54) is 29.3 Å². The van der Waals surface area contributed by atoms with E-state index >= 15 is 0 Å². The molecule has 5 heteroatoms. The van der Waals surface area contributed by atoms with E-state index < -0.39 is 10.0 Å². The van der Waals surface area contributed by atoms with Crippen molar-refractivity contribution in [2.45, 2.75) is 33.7 Å². The van der Waals surface area contributed by atoms with E-state index in [1.54, 1.807) is 0 Å². The Labute approximate surface area is 116 Å². The molecule has 108 valence electrons. The Morgan fingerprint density at radius 1 is 1.11 bits per heavy atom. The summed E-state index contributed by atoms with van der Waals surface area (Å²) in [5.74, 6) is 0.0950. The number of rotatable bonds is 6. The molecule has 0 radical (unpaired) electrons. The maximum Gasteiger partial charge on any atom is 0.212 e. The Bertz CT molecular complexity index is 539. The minimum atomic E-state index is -3.13. The van der Waals surface area contributed by atoms with Gasteiger partial charge in [0.15, 0.2) is 0 Å². The molecular formula is C14H24N2O2S. The van der Waals surface area contributed by atoms with Gasteiger partial charge in [0, 0.05) is 12.6 Å². The first-order chi connectivity index (χ1) is 8.76. The third-order valence-corrected chi connectivity index (χ3v) is 4.84. The van der Waals surface area contributed by atoms with Crippen molar-refractivity contribution >= 4 is 10.0 Å². The zero-order valence-electron chi connectivity index (χ0n) is 12.4. The van der Waals surface area contributed by atoms with E-state index in [1.807, 2.05) is 0 Å². The SMILES string of the molecule is CNS(=O)(=O)CCNC(C)c1cc(C)c(C)cc1C. The first-order valence-corrected chi connectivity index (χ1v) is 8.14. The average Bonchev–Trinajstić information content (AvgIpc) is 2.33. The quantitative estimate of drug-likeness (QED) is 0.837. The molecule has 0 aliphatic heterocycles. The largest absolute Gasteiger partial charge is 0.309 e. The maximum atomic E-state index is 11.3. The topological polar surface area (TPSA) is 58.2 Å². The summed E-state index contributed by atoms with van der Waals surface area (Å²) in [6, 6.07) is 4.49. The first kappa shape index (κ1) is 16.1. The number of hydrogen-bond acceptors (Lipinski definition) is 3. The van der Waals surface area contributed by atoms with Gasteiger partial charge in [0.2, 0.25) is 10.0 Å². The molecule has 0 bridgehead atoms. The maximum absolute atomic E-state index is 11.3. The van der Waals surface area contributed by atoms with Crippen molar-refractivity contribution in [1.82, 2.24) is 10.0 Å².